The monoisotopic (exact) mass is 340 g/mol. The van der Waals surface area contributed by atoms with Gasteiger partial charge in [-0.1, -0.05) is 28.1 Å². The second-order valence-electron chi connectivity index (χ2n) is 3.35. The molecule has 4 heteroatoms. The largest absolute Gasteiger partial charge is 0.380 e. The van der Waals surface area contributed by atoms with E-state index in [9.17, 15) is 0 Å². The van der Waals surface area contributed by atoms with Crippen molar-refractivity contribution in [3.05, 3.63) is 57.2 Å². The molecule has 1 aromatic heterocycles. The first-order valence-electron chi connectivity index (χ1n) is 4.84. The van der Waals surface area contributed by atoms with Crippen LogP contribution in [-0.2, 0) is 6.54 Å². The van der Waals surface area contributed by atoms with Crippen LogP contribution in [0.25, 0.3) is 0 Å². The van der Waals surface area contributed by atoms with Crippen molar-refractivity contribution >= 4 is 37.5 Å². The standard InChI is InChI=1S/C12H10Br2N2/c13-10-3-1-9(2-4-10)7-15-11-5-6-12(14)16-8-11/h1-6,8,15H,7H2. The van der Waals surface area contributed by atoms with Crippen LogP contribution in [0.5, 0.6) is 0 Å². The zero-order valence-corrected chi connectivity index (χ0v) is 11.6. The van der Waals surface area contributed by atoms with Crippen molar-refractivity contribution in [3.8, 4) is 0 Å². The van der Waals surface area contributed by atoms with Crippen LogP contribution in [0.15, 0.2) is 51.7 Å². The van der Waals surface area contributed by atoms with E-state index in [1.165, 1.54) is 5.56 Å². The Hall–Kier alpha value is -0.870. The normalized spacial score (nSPS) is 10.1. The third-order valence-corrected chi connectivity index (χ3v) is 3.14. The lowest BCUT2D eigenvalue weighted by Crippen LogP contribution is -1.99. The van der Waals surface area contributed by atoms with Crippen LogP contribution in [0, 0.1) is 0 Å². The van der Waals surface area contributed by atoms with E-state index in [1.807, 2.05) is 30.5 Å². The molecule has 0 spiro atoms. The molecule has 0 atom stereocenters. The van der Waals surface area contributed by atoms with Gasteiger partial charge in [0, 0.05) is 11.0 Å². The molecule has 82 valence electrons. The van der Waals surface area contributed by atoms with Gasteiger partial charge in [-0.2, -0.15) is 0 Å². The van der Waals surface area contributed by atoms with Crippen molar-refractivity contribution in [2.45, 2.75) is 6.54 Å². The molecule has 0 radical (unpaired) electrons. The number of hydrogen-bond acceptors (Lipinski definition) is 2. The van der Waals surface area contributed by atoms with Gasteiger partial charge in [0.05, 0.1) is 11.9 Å². The van der Waals surface area contributed by atoms with E-state index in [-0.39, 0.29) is 0 Å². The van der Waals surface area contributed by atoms with Crippen LogP contribution in [0.1, 0.15) is 5.56 Å². The molecule has 16 heavy (non-hydrogen) atoms. The Kier molecular flexibility index (Phi) is 3.96. The molecule has 0 amide bonds. The third kappa shape index (κ3) is 3.32. The fourth-order valence-corrected chi connectivity index (χ4v) is 1.79. The van der Waals surface area contributed by atoms with E-state index in [0.29, 0.717) is 0 Å². The molecule has 1 heterocycles. The number of pyridine rings is 1. The first-order valence-corrected chi connectivity index (χ1v) is 6.42. The quantitative estimate of drug-likeness (QED) is 0.845. The van der Waals surface area contributed by atoms with Gasteiger partial charge in [-0.05, 0) is 45.8 Å². The fraction of sp³-hybridized carbons (Fsp3) is 0.0833. The lowest BCUT2D eigenvalue weighted by atomic mass is 10.2. The van der Waals surface area contributed by atoms with Crippen molar-refractivity contribution in [1.82, 2.24) is 4.98 Å². The number of hydrogen-bond donors (Lipinski definition) is 1. The highest BCUT2D eigenvalue weighted by molar-refractivity contribution is 9.10. The molecule has 0 aliphatic heterocycles. The Morgan fingerprint density at radius 2 is 1.75 bits per heavy atom. The average Bonchev–Trinajstić information content (AvgIpc) is 2.30. The summed E-state index contributed by atoms with van der Waals surface area (Å²) in [7, 11) is 0. The minimum absolute atomic E-state index is 0.802. The molecule has 0 aliphatic rings. The van der Waals surface area contributed by atoms with Gasteiger partial charge in [-0.15, -0.1) is 0 Å². The van der Waals surface area contributed by atoms with Crippen molar-refractivity contribution in [2.75, 3.05) is 5.32 Å². The lowest BCUT2D eigenvalue weighted by Gasteiger charge is -2.06. The smallest absolute Gasteiger partial charge is 0.106 e. The van der Waals surface area contributed by atoms with Gasteiger partial charge in [0.15, 0.2) is 0 Å². The second kappa shape index (κ2) is 5.46. The Balaban J connectivity index is 1.97. The van der Waals surface area contributed by atoms with Gasteiger partial charge in [-0.3, -0.25) is 0 Å². The summed E-state index contributed by atoms with van der Waals surface area (Å²) in [5.74, 6) is 0. The highest BCUT2D eigenvalue weighted by atomic mass is 79.9. The number of halogens is 2. The molecule has 0 unspecified atom stereocenters. The van der Waals surface area contributed by atoms with Gasteiger partial charge in [-0.25, -0.2) is 4.98 Å². The zero-order valence-electron chi connectivity index (χ0n) is 8.45. The van der Waals surface area contributed by atoms with E-state index >= 15 is 0 Å². The summed E-state index contributed by atoms with van der Waals surface area (Å²) in [6.07, 6.45) is 1.81. The molecule has 0 aliphatic carbocycles. The van der Waals surface area contributed by atoms with Gasteiger partial charge in [0.2, 0.25) is 0 Å². The summed E-state index contributed by atoms with van der Waals surface area (Å²) in [5, 5.41) is 3.31. The minimum Gasteiger partial charge on any atom is -0.380 e. The van der Waals surface area contributed by atoms with Crippen LogP contribution in [0.4, 0.5) is 5.69 Å². The molecule has 0 saturated carbocycles. The van der Waals surface area contributed by atoms with Gasteiger partial charge < -0.3 is 5.32 Å². The Bertz CT molecular complexity index is 406. The molecule has 1 aromatic carbocycles. The molecular formula is C12H10Br2N2. The summed E-state index contributed by atoms with van der Waals surface area (Å²) in [6.45, 7) is 0.802. The predicted molar refractivity (Wildman–Crippen MR) is 73.4 cm³/mol. The van der Waals surface area contributed by atoms with E-state index in [1.54, 1.807) is 0 Å². The average molecular weight is 342 g/mol. The number of anilines is 1. The Labute approximate surface area is 111 Å². The summed E-state index contributed by atoms with van der Waals surface area (Å²) in [4.78, 5) is 4.15. The first-order chi connectivity index (χ1) is 7.74. The van der Waals surface area contributed by atoms with Crippen LogP contribution >= 0.6 is 31.9 Å². The molecule has 0 fully saturated rings. The highest BCUT2D eigenvalue weighted by Crippen LogP contribution is 2.14. The van der Waals surface area contributed by atoms with Crippen LogP contribution in [0.2, 0.25) is 0 Å². The minimum atomic E-state index is 0.802. The second-order valence-corrected chi connectivity index (χ2v) is 5.08. The van der Waals surface area contributed by atoms with Crippen molar-refractivity contribution < 1.29 is 0 Å². The Morgan fingerprint density at radius 3 is 2.38 bits per heavy atom. The van der Waals surface area contributed by atoms with Gasteiger partial charge in [0.25, 0.3) is 0 Å². The summed E-state index contributed by atoms with van der Waals surface area (Å²) >= 11 is 6.72. The van der Waals surface area contributed by atoms with E-state index in [0.717, 1.165) is 21.3 Å². The summed E-state index contributed by atoms with van der Waals surface area (Å²) < 4.78 is 1.95. The highest BCUT2D eigenvalue weighted by Gasteiger charge is 1.95. The molecule has 2 rings (SSSR count). The number of aromatic nitrogens is 1. The van der Waals surface area contributed by atoms with E-state index in [4.69, 9.17) is 0 Å². The van der Waals surface area contributed by atoms with Crippen LogP contribution in [0.3, 0.4) is 0 Å². The maximum absolute atomic E-state index is 4.15. The number of rotatable bonds is 3. The number of benzene rings is 1. The van der Waals surface area contributed by atoms with Gasteiger partial charge in [0.1, 0.15) is 4.60 Å². The number of nitrogens with zero attached hydrogens (tertiary/aromatic N) is 1. The molecule has 2 aromatic rings. The van der Waals surface area contributed by atoms with Gasteiger partial charge >= 0.3 is 0 Å². The third-order valence-electron chi connectivity index (χ3n) is 2.14. The molecule has 1 N–H and O–H groups in total. The SMILES string of the molecule is Brc1ccc(CNc2ccc(Br)nc2)cc1. The van der Waals surface area contributed by atoms with Crippen molar-refractivity contribution in [2.24, 2.45) is 0 Å². The van der Waals surface area contributed by atoms with Crippen molar-refractivity contribution in [3.63, 3.8) is 0 Å². The predicted octanol–water partition coefficient (Wildman–Crippen LogP) is 4.22. The van der Waals surface area contributed by atoms with Crippen LogP contribution < -0.4 is 5.32 Å². The van der Waals surface area contributed by atoms with Crippen molar-refractivity contribution in [1.29, 1.82) is 0 Å². The first kappa shape index (κ1) is 11.6. The molecular weight excluding hydrogens is 332 g/mol. The summed E-state index contributed by atoms with van der Waals surface area (Å²) in [6, 6.07) is 12.2. The van der Waals surface area contributed by atoms with E-state index in [2.05, 4.69) is 54.3 Å². The fourth-order valence-electron chi connectivity index (χ4n) is 1.29. The Morgan fingerprint density at radius 1 is 1.00 bits per heavy atom. The maximum Gasteiger partial charge on any atom is 0.106 e. The number of nitrogens with one attached hydrogen (secondary N) is 1. The van der Waals surface area contributed by atoms with Crippen LogP contribution in [-0.4, -0.2) is 4.98 Å². The summed E-state index contributed by atoms with van der Waals surface area (Å²) in [5.41, 5.74) is 2.26. The zero-order chi connectivity index (χ0) is 11.4. The topological polar surface area (TPSA) is 24.9 Å². The maximum atomic E-state index is 4.15. The molecule has 0 bridgehead atoms. The van der Waals surface area contributed by atoms with E-state index < -0.39 is 0 Å². The molecule has 2 nitrogen and oxygen atoms in total. The lowest BCUT2D eigenvalue weighted by molar-refractivity contribution is 1.13. The molecule has 0 saturated heterocycles.